The molecule has 0 amide bonds. The van der Waals surface area contributed by atoms with E-state index in [1.54, 1.807) is 7.11 Å². The van der Waals surface area contributed by atoms with Gasteiger partial charge in [-0.3, -0.25) is 0 Å². The van der Waals surface area contributed by atoms with Crippen LogP contribution in [0.2, 0.25) is 0 Å². The van der Waals surface area contributed by atoms with Gasteiger partial charge in [0.25, 0.3) is 0 Å². The largest absolute Gasteiger partial charge is 0.496 e. The van der Waals surface area contributed by atoms with Gasteiger partial charge in [-0.05, 0) is 50.5 Å². The molecule has 0 bridgehead atoms. The van der Waals surface area contributed by atoms with Crippen LogP contribution < -0.4 is 10.1 Å². The molecule has 1 aromatic rings. The van der Waals surface area contributed by atoms with Gasteiger partial charge in [0, 0.05) is 12.1 Å². The first-order valence-electron chi connectivity index (χ1n) is 7.21. The fraction of sp³-hybridized carbons (Fsp3) is 0.625. The summed E-state index contributed by atoms with van der Waals surface area (Å²) in [4.78, 5) is 0. The molecule has 0 spiro atoms. The predicted octanol–water partition coefficient (Wildman–Crippen LogP) is 3.16. The van der Waals surface area contributed by atoms with Crippen LogP contribution in [0.4, 0.5) is 0 Å². The molecule has 0 aliphatic heterocycles. The number of ether oxygens (including phenoxy) is 1. The first-order chi connectivity index (χ1) is 9.69. The van der Waals surface area contributed by atoms with Crippen molar-refractivity contribution in [2.75, 3.05) is 32.2 Å². The average molecular weight is 297 g/mol. The van der Waals surface area contributed by atoms with E-state index in [0.29, 0.717) is 6.54 Å². The lowest BCUT2D eigenvalue weighted by atomic mass is 10.1. The van der Waals surface area contributed by atoms with Gasteiger partial charge in [0.1, 0.15) is 5.75 Å². The SMILES string of the molecule is COc1ccc(C)cc1C(O)CNCCCCCSC. The van der Waals surface area contributed by atoms with Crippen molar-refractivity contribution in [1.82, 2.24) is 5.32 Å². The lowest BCUT2D eigenvalue weighted by Gasteiger charge is -2.16. The van der Waals surface area contributed by atoms with Gasteiger partial charge in [-0.25, -0.2) is 0 Å². The van der Waals surface area contributed by atoms with Crippen molar-refractivity contribution in [2.24, 2.45) is 0 Å². The first-order valence-corrected chi connectivity index (χ1v) is 8.60. The Bertz CT molecular complexity index is 385. The average Bonchev–Trinajstić information content (AvgIpc) is 2.46. The molecule has 0 saturated heterocycles. The zero-order valence-corrected chi connectivity index (χ0v) is 13.6. The van der Waals surface area contributed by atoms with Gasteiger partial charge in [-0.2, -0.15) is 11.8 Å². The lowest BCUT2D eigenvalue weighted by molar-refractivity contribution is 0.170. The van der Waals surface area contributed by atoms with Gasteiger partial charge in [-0.15, -0.1) is 0 Å². The summed E-state index contributed by atoms with van der Waals surface area (Å²) in [5, 5.41) is 13.6. The molecule has 0 heterocycles. The fourth-order valence-corrected chi connectivity index (χ4v) is 2.63. The van der Waals surface area contributed by atoms with Gasteiger partial charge >= 0.3 is 0 Å². The van der Waals surface area contributed by atoms with Gasteiger partial charge in [-0.1, -0.05) is 18.1 Å². The van der Waals surface area contributed by atoms with Crippen LogP contribution >= 0.6 is 11.8 Å². The van der Waals surface area contributed by atoms with Crippen LogP contribution in [0.1, 0.15) is 36.5 Å². The van der Waals surface area contributed by atoms with Crippen LogP contribution in [0, 0.1) is 6.92 Å². The zero-order valence-electron chi connectivity index (χ0n) is 12.8. The molecule has 0 fully saturated rings. The molecule has 0 aliphatic rings. The molecule has 4 heteroatoms. The molecule has 20 heavy (non-hydrogen) atoms. The highest BCUT2D eigenvalue weighted by Crippen LogP contribution is 2.25. The number of aryl methyl sites for hydroxylation is 1. The van der Waals surface area contributed by atoms with E-state index in [9.17, 15) is 5.11 Å². The Morgan fingerprint density at radius 3 is 2.80 bits per heavy atom. The van der Waals surface area contributed by atoms with E-state index in [1.165, 1.54) is 18.6 Å². The molecule has 114 valence electrons. The van der Waals surface area contributed by atoms with E-state index in [-0.39, 0.29) is 0 Å². The number of hydrogen-bond donors (Lipinski definition) is 2. The van der Waals surface area contributed by atoms with E-state index >= 15 is 0 Å². The maximum absolute atomic E-state index is 10.3. The van der Waals surface area contributed by atoms with Crippen molar-refractivity contribution in [1.29, 1.82) is 0 Å². The quantitative estimate of drug-likeness (QED) is 0.651. The van der Waals surface area contributed by atoms with Gasteiger partial charge in [0.15, 0.2) is 0 Å². The first kappa shape index (κ1) is 17.3. The number of thioether (sulfide) groups is 1. The number of hydrogen-bond acceptors (Lipinski definition) is 4. The minimum absolute atomic E-state index is 0.518. The highest BCUT2D eigenvalue weighted by molar-refractivity contribution is 7.98. The highest BCUT2D eigenvalue weighted by atomic mass is 32.2. The van der Waals surface area contributed by atoms with Crippen molar-refractivity contribution in [3.05, 3.63) is 29.3 Å². The van der Waals surface area contributed by atoms with Gasteiger partial charge < -0.3 is 15.2 Å². The monoisotopic (exact) mass is 297 g/mol. The maximum Gasteiger partial charge on any atom is 0.124 e. The van der Waals surface area contributed by atoms with Crippen LogP contribution in [0.5, 0.6) is 5.75 Å². The number of aliphatic hydroxyl groups excluding tert-OH is 1. The Labute approximate surface area is 127 Å². The third kappa shape index (κ3) is 6.16. The van der Waals surface area contributed by atoms with Crippen LogP contribution in [-0.4, -0.2) is 37.3 Å². The van der Waals surface area contributed by atoms with Crippen LogP contribution in [0.25, 0.3) is 0 Å². The number of nitrogens with one attached hydrogen (secondary N) is 1. The molecule has 3 nitrogen and oxygen atoms in total. The van der Waals surface area contributed by atoms with E-state index in [1.807, 2.05) is 36.9 Å². The fourth-order valence-electron chi connectivity index (χ4n) is 2.14. The number of benzene rings is 1. The molecule has 1 atom stereocenters. The van der Waals surface area contributed by atoms with E-state index in [4.69, 9.17) is 4.74 Å². The van der Waals surface area contributed by atoms with Crippen LogP contribution in [0.15, 0.2) is 18.2 Å². The summed E-state index contributed by atoms with van der Waals surface area (Å²) in [5.74, 6) is 1.99. The Kier molecular flexibility index (Phi) is 8.74. The molecule has 0 aromatic heterocycles. The summed E-state index contributed by atoms with van der Waals surface area (Å²) in [5.41, 5.74) is 2.00. The van der Waals surface area contributed by atoms with Crippen LogP contribution in [0.3, 0.4) is 0 Å². The summed E-state index contributed by atoms with van der Waals surface area (Å²) < 4.78 is 5.30. The second-order valence-corrected chi connectivity index (χ2v) is 6.00. The summed E-state index contributed by atoms with van der Waals surface area (Å²) >= 11 is 1.90. The molecule has 0 aliphatic carbocycles. The minimum atomic E-state index is -0.518. The van der Waals surface area contributed by atoms with E-state index in [0.717, 1.165) is 29.8 Å². The van der Waals surface area contributed by atoms with Crippen molar-refractivity contribution in [3.63, 3.8) is 0 Å². The maximum atomic E-state index is 10.3. The molecule has 0 radical (unpaired) electrons. The zero-order chi connectivity index (χ0) is 14.8. The van der Waals surface area contributed by atoms with Gasteiger partial charge in [0.2, 0.25) is 0 Å². The smallest absolute Gasteiger partial charge is 0.124 e. The predicted molar refractivity (Wildman–Crippen MR) is 87.8 cm³/mol. The summed E-state index contributed by atoms with van der Waals surface area (Å²) in [6.07, 6.45) is 5.31. The molecule has 1 aromatic carbocycles. The number of aliphatic hydroxyl groups is 1. The number of methoxy groups -OCH3 is 1. The molecular weight excluding hydrogens is 270 g/mol. The number of unbranched alkanes of at least 4 members (excludes halogenated alkanes) is 2. The topological polar surface area (TPSA) is 41.5 Å². The van der Waals surface area contributed by atoms with E-state index < -0.39 is 6.10 Å². The summed E-state index contributed by atoms with van der Waals surface area (Å²) in [7, 11) is 1.64. The second-order valence-electron chi connectivity index (χ2n) is 5.02. The Morgan fingerprint density at radius 2 is 2.10 bits per heavy atom. The molecule has 1 unspecified atom stereocenters. The lowest BCUT2D eigenvalue weighted by Crippen LogP contribution is -2.23. The summed E-state index contributed by atoms with van der Waals surface area (Å²) in [6.45, 7) is 3.55. The third-order valence-electron chi connectivity index (χ3n) is 3.28. The van der Waals surface area contributed by atoms with E-state index in [2.05, 4.69) is 11.6 Å². The molecule has 1 rings (SSSR count). The Balaban J connectivity index is 2.32. The molecule has 2 N–H and O–H groups in total. The second kappa shape index (κ2) is 10.1. The van der Waals surface area contributed by atoms with Gasteiger partial charge in [0.05, 0.1) is 13.2 Å². The minimum Gasteiger partial charge on any atom is -0.496 e. The molecular formula is C16H27NO2S. The Hall–Kier alpha value is -0.710. The van der Waals surface area contributed by atoms with Crippen molar-refractivity contribution < 1.29 is 9.84 Å². The normalized spacial score (nSPS) is 12.4. The molecule has 0 saturated carbocycles. The third-order valence-corrected chi connectivity index (χ3v) is 3.98. The van der Waals surface area contributed by atoms with Crippen molar-refractivity contribution in [3.8, 4) is 5.75 Å². The highest BCUT2D eigenvalue weighted by Gasteiger charge is 2.12. The van der Waals surface area contributed by atoms with Crippen molar-refractivity contribution in [2.45, 2.75) is 32.3 Å². The summed E-state index contributed by atoms with van der Waals surface area (Å²) in [6, 6.07) is 5.90. The standard InChI is InChI=1S/C16H27NO2S/c1-13-7-8-16(19-2)14(11-13)15(18)12-17-9-5-4-6-10-20-3/h7-8,11,15,17-18H,4-6,9-10,12H2,1-3H3. The van der Waals surface area contributed by atoms with Crippen LogP contribution in [-0.2, 0) is 0 Å². The number of rotatable bonds is 10. The Morgan fingerprint density at radius 1 is 1.30 bits per heavy atom. The van der Waals surface area contributed by atoms with Crippen molar-refractivity contribution >= 4 is 11.8 Å².